The summed E-state index contributed by atoms with van der Waals surface area (Å²) in [6.07, 6.45) is 12.2. The zero-order chi connectivity index (χ0) is 18.4. The molecule has 2 fully saturated rings. The van der Waals surface area contributed by atoms with Crippen LogP contribution in [0.25, 0.3) is 0 Å². The minimum Gasteiger partial charge on any atom is -0.348 e. The first kappa shape index (κ1) is 18.7. The monoisotopic (exact) mass is 354 g/mol. The molecule has 1 aliphatic carbocycles. The lowest BCUT2D eigenvalue weighted by Gasteiger charge is -2.47. The number of benzene rings is 1. The van der Waals surface area contributed by atoms with Gasteiger partial charge in [-0.05, 0) is 55.9 Å². The quantitative estimate of drug-likeness (QED) is 0.824. The van der Waals surface area contributed by atoms with Gasteiger partial charge in [0.15, 0.2) is 0 Å². The number of hydrogen-bond acceptors (Lipinski definition) is 2. The summed E-state index contributed by atoms with van der Waals surface area (Å²) >= 11 is 0. The molecule has 0 atom stereocenters. The predicted molar refractivity (Wildman–Crippen MR) is 104 cm³/mol. The van der Waals surface area contributed by atoms with E-state index in [4.69, 9.17) is 0 Å². The van der Waals surface area contributed by atoms with Crippen LogP contribution in [0.3, 0.4) is 0 Å². The van der Waals surface area contributed by atoms with E-state index in [1.165, 1.54) is 38.2 Å². The molecule has 0 aromatic heterocycles. The van der Waals surface area contributed by atoms with Crippen molar-refractivity contribution in [1.29, 1.82) is 0 Å². The third-order valence-electron chi connectivity index (χ3n) is 5.98. The molecule has 1 saturated heterocycles. The average Bonchev–Trinajstić information content (AvgIpc) is 2.92. The van der Waals surface area contributed by atoms with Crippen molar-refractivity contribution < 1.29 is 9.59 Å². The molecule has 0 unspecified atom stereocenters. The Morgan fingerprint density at radius 2 is 1.62 bits per heavy atom. The molecular weight excluding hydrogens is 324 g/mol. The second-order valence-corrected chi connectivity index (χ2v) is 7.67. The van der Waals surface area contributed by atoms with Crippen LogP contribution in [0.4, 0.5) is 0 Å². The van der Waals surface area contributed by atoms with E-state index in [0.717, 1.165) is 43.4 Å². The summed E-state index contributed by atoms with van der Waals surface area (Å²) in [5.41, 5.74) is 1.83. The lowest BCUT2D eigenvalue weighted by Crippen LogP contribution is -2.54. The van der Waals surface area contributed by atoms with Gasteiger partial charge in [0.25, 0.3) is 5.91 Å². The van der Waals surface area contributed by atoms with Gasteiger partial charge in [0.2, 0.25) is 5.91 Å². The predicted octanol–water partition coefficient (Wildman–Crippen LogP) is 4.21. The molecule has 26 heavy (non-hydrogen) atoms. The van der Waals surface area contributed by atoms with Crippen LogP contribution in [0.2, 0.25) is 0 Å². The van der Waals surface area contributed by atoms with Crippen LogP contribution in [0.5, 0.6) is 0 Å². The largest absolute Gasteiger partial charge is 0.348 e. The van der Waals surface area contributed by atoms with Gasteiger partial charge in [0.05, 0.1) is 0 Å². The van der Waals surface area contributed by atoms with Crippen molar-refractivity contribution in [3.63, 3.8) is 0 Å². The Hall–Kier alpha value is -2.10. The summed E-state index contributed by atoms with van der Waals surface area (Å²) in [7, 11) is 0. The molecule has 4 nitrogen and oxygen atoms in total. The lowest BCUT2D eigenvalue weighted by atomic mass is 9.80. The van der Waals surface area contributed by atoms with Gasteiger partial charge in [-0.3, -0.25) is 9.59 Å². The molecule has 1 saturated carbocycles. The summed E-state index contributed by atoms with van der Waals surface area (Å²) < 4.78 is 0. The Morgan fingerprint density at radius 1 is 1.00 bits per heavy atom. The first-order valence-corrected chi connectivity index (χ1v) is 9.96. The van der Waals surface area contributed by atoms with E-state index in [1.807, 2.05) is 24.3 Å². The molecule has 1 aromatic rings. The molecule has 140 valence electrons. The second-order valence-electron chi connectivity index (χ2n) is 7.67. The van der Waals surface area contributed by atoms with E-state index in [9.17, 15) is 9.59 Å². The van der Waals surface area contributed by atoms with E-state index in [0.29, 0.717) is 6.54 Å². The van der Waals surface area contributed by atoms with Gasteiger partial charge in [-0.15, -0.1) is 0 Å². The molecule has 2 aliphatic rings. The maximum Gasteiger partial charge on any atom is 0.254 e. The standard InChI is InChI=1S/C22H30N2O2/c1-2-20(25)23-17-18-9-11-19(12-10-18)21(26)24-16-8-7-15-22(24)13-5-3-4-6-14-22/h2,9-12H,1,3-8,13-17H2,(H,23,25). The Kier molecular flexibility index (Phi) is 6.12. The topological polar surface area (TPSA) is 49.4 Å². The molecule has 2 amide bonds. The van der Waals surface area contributed by atoms with E-state index < -0.39 is 0 Å². The first-order chi connectivity index (χ1) is 12.6. The molecular formula is C22H30N2O2. The fourth-order valence-corrected chi connectivity index (χ4v) is 4.50. The average molecular weight is 354 g/mol. The number of likely N-dealkylation sites (tertiary alicyclic amines) is 1. The smallest absolute Gasteiger partial charge is 0.254 e. The summed E-state index contributed by atoms with van der Waals surface area (Å²) in [5.74, 6) is -0.0120. The number of hydrogen-bond donors (Lipinski definition) is 1. The maximum atomic E-state index is 13.3. The Balaban J connectivity index is 1.72. The zero-order valence-electron chi connectivity index (χ0n) is 15.6. The third kappa shape index (κ3) is 4.17. The number of nitrogens with one attached hydrogen (secondary N) is 1. The van der Waals surface area contributed by atoms with Crippen molar-refractivity contribution in [3.8, 4) is 0 Å². The van der Waals surface area contributed by atoms with Gasteiger partial charge >= 0.3 is 0 Å². The van der Waals surface area contributed by atoms with Gasteiger partial charge < -0.3 is 10.2 Å². The van der Waals surface area contributed by atoms with E-state index in [1.54, 1.807) is 0 Å². The Morgan fingerprint density at radius 3 is 2.23 bits per heavy atom. The molecule has 1 N–H and O–H groups in total. The van der Waals surface area contributed by atoms with Crippen LogP contribution in [0, 0.1) is 0 Å². The van der Waals surface area contributed by atoms with Gasteiger partial charge in [-0.25, -0.2) is 0 Å². The van der Waals surface area contributed by atoms with Crippen LogP contribution in [-0.2, 0) is 11.3 Å². The fraction of sp³-hybridized carbons (Fsp3) is 0.545. The minimum atomic E-state index is -0.186. The number of carbonyl (C=O) groups is 2. The molecule has 0 bridgehead atoms. The van der Waals surface area contributed by atoms with Gasteiger partial charge in [-0.2, -0.15) is 0 Å². The molecule has 0 radical (unpaired) electrons. The van der Waals surface area contributed by atoms with Crippen LogP contribution in [-0.4, -0.2) is 28.8 Å². The minimum absolute atomic E-state index is 0.0858. The van der Waals surface area contributed by atoms with Gasteiger partial charge in [0, 0.05) is 24.2 Å². The molecule has 1 aromatic carbocycles. The van der Waals surface area contributed by atoms with Crippen molar-refractivity contribution in [2.24, 2.45) is 0 Å². The summed E-state index contributed by atoms with van der Waals surface area (Å²) in [6, 6.07) is 7.66. The third-order valence-corrected chi connectivity index (χ3v) is 5.98. The van der Waals surface area contributed by atoms with Crippen LogP contribution >= 0.6 is 0 Å². The number of rotatable bonds is 4. The van der Waals surface area contributed by atoms with Crippen molar-refractivity contribution in [3.05, 3.63) is 48.0 Å². The number of carbonyl (C=O) groups excluding carboxylic acids is 2. The highest BCUT2D eigenvalue weighted by Gasteiger charge is 2.41. The van der Waals surface area contributed by atoms with Crippen LogP contribution in [0.15, 0.2) is 36.9 Å². The van der Waals surface area contributed by atoms with Crippen LogP contribution < -0.4 is 5.32 Å². The Labute approximate surface area is 156 Å². The number of piperidine rings is 1. The number of amides is 2. The molecule has 3 rings (SSSR count). The molecule has 1 heterocycles. The SMILES string of the molecule is C=CC(=O)NCc1ccc(C(=O)N2CCCCC23CCCCCC3)cc1. The van der Waals surface area contributed by atoms with E-state index >= 15 is 0 Å². The summed E-state index contributed by atoms with van der Waals surface area (Å²) in [6.45, 7) is 4.78. The number of nitrogens with zero attached hydrogens (tertiary/aromatic N) is 1. The fourth-order valence-electron chi connectivity index (χ4n) is 4.50. The van der Waals surface area contributed by atoms with Crippen molar-refractivity contribution in [1.82, 2.24) is 10.2 Å². The summed E-state index contributed by atoms with van der Waals surface area (Å²) in [4.78, 5) is 26.7. The van der Waals surface area contributed by atoms with Crippen LogP contribution in [0.1, 0.15) is 73.7 Å². The summed E-state index contributed by atoms with van der Waals surface area (Å²) in [5, 5.41) is 2.76. The van der Waals surface area contributed by atoms with Crippen molar-refractivity contribution in [2.75, 3.05) is 6.54 Å². The first-order valence-electron chi connectivity index (χ1n) is 9.96. The lowest BCUT2D eigenvalue weighted by molar-refractivity contribution is -0.116. The van der Waals surface area contributed by atoms with Crippen molar-refractivity contribution >= 4 is 11.8 Å². The molecule has 1 aliphatic heterocycles. The zero-order valence-corrected chi connectivity index (χ0v) is 15.6. The molecule has 1 spiro atoms. The van der Waals surface area contributed by atoms with Gasteiger partial charge in [-0.1, -0.05) is 44.4 Å². The highest BCUT2D eigenvalue weighted by atomic mass is 16.2. The highest BCUT2D eigenvalue weighted by Crippen LogP contribution is 2.40. The van der Waals surface area contributed by atoms with Gasteiger partial charge in [0.1, 0.15) is 0 Å². The van der Waals surface area contributed by atoms with E-state index in [-0.39, 0.29) is 17.4 Å². The van der Waals surface area contributed by atoms with Crippen molar-refractivity contribution in [2.45, 2.75) is 69.9 Å². The molecule has 4 heteroatoms. The second kappa shape index (κ2) is 8.52. The Bertz CT molecular complexity index is 643. The normalized spacial score (nSPS) is 19.6. The van der Waals surface area contributed by atoms with E-state index in [2.05, 4.69) is 16.8 Å². The maximum absolute atomic E-state index is 13.3. The highest BCUT2D eigenvalue weighted by molar-refractivity contribution is 5.95.